The molecule has 1 N–H and O–H groups in total. The van der Waals surface area contributed by atoms with Crippen LogP contribution >= 0.6 is 11.5 Å². The van der Waals surface area contributed by atoms with Crippen molar-refractivity contribution in [3.63, 3.8) is 0 Å². The normalized spacial score (nSPS) is 11.2. The Labute approximate surface area is 124 Å². The molecule has 0 fully saturated rings. The summed E-state index contributed by atoms with van der Waals surface area (Å²) in [6.45, 7) is 1.96. The number of hydrogen-bond donors (Lipinski definition) is 1. The lowest BCUT2D eigenvalue weighted by Crippen LogP contribution is -1.92. The summed E-state index contributed by atoms with van der Waals surface area (Å²) in [6.07, 6.45) is 1.74. The molecule has 0 spiro atoms. The third-order valence-corrected chi connectivity index (χ3v) is 3.57. The lowest BCUT2D eigenvalue weighted by Gasteiger charge is -2.03. The molecule has 3 aromatic rings. The van der Waals surface area contributed by atoms with Gasteiger partial charge in [0.2, 0.25) is 5.13 Å². The molecule has 21 heavy (non-hydrogen) atoms. The van der Waals surface area contributed by atoms with Gasteiger partial charge in [-0.3, -0.25) is 0 Å². The van der Waals surface area contributed by atoms with Gasteiger partial charge in [0.25, 0.3) is 0 Å². The van der Waals surface area contributed by atoms with Crippen LogP contribution in [0.15, 0.2) is 34.6 Å². The van der Waals surface area contributed by atoms with Crippen molar-refractivity contribution in [3.05, 3.63) is 30.2 Å². The van der Waals surface area contributed by atoms with Gasteiger partial charge < -0.3 is 9.67 Å². The number of fused-ring (bicyclic) bond motifs is 1. The Morgan fingerprint density at radius 3 is 2.95 bits per heavy atom. The van der Waals surface area contributed by atoms with E-state index in [4.69, 9.17) is 5.26 Å². The second-order valence-corrected chi connectivity index (χ2v) is 5.02. The summed E-state index contributed by atoms with van der Waals surface area (Å²) in [7, 11) is 0. The van der Waals surface area contributed by atoms with Crippen LogP contribution in [-0.4, -0.2) is 19.0 Å². The summed E-state index contributed by atoms with van der Waals surface area (Å²) in [6, 6.07) is 7.03. The van der Waals surface area contributed by atoms with Gasteiger partial charge in [-0.2, -0.15) is 9.64 Å². The standard InChI is InChI=1S/C13H10N6OS/c1-8-15-13(21-18-8)17-16-10-2-3-11(20)9-4-6-19(7-5-14)12(9)10/h2-4,6,20H,7H2,1H3. The van der Waals surface area contributed by atoms with Gasteiger partial charge in [0.1, 0.15) is 23.8 Å². The molecule has 0 unspecified atom stereocenters. The SMILES string of the molecule is Cc1nsc(N=Nc2ccc(O)c3ccn(CC#N)c23)n1. The van der Waals surface area contributed by atoms with E-state index in [0.29, 0.717) is 27.5 Å². The number of phenolic OH excluding ortho intramolecular Hbond substituents is 1. The van der Waals surface area contributed by atoms with E-state index < -0.39 is 0 Å². The third-order valence-electron chi connectivity index (χ3n) is 2.88. The van der Waals surface area contributed by atoms with Crippen molar-refractivity contribution in [2.75, 3.05) is 0 Å². The molecule has 104 valence electrons. The smallest absolute Gasteiger partial charge is 0.249 e. The quantitative estimate of drug-likeness (QED) is 0.748. The number of aromatic hydroxyl groups is 1. The summed E-state index contributed by atoms with van der Waals surface area (Å²) in [5.41, 5.74) is 1.23. The fourth-order valence-corrected chi connectivity index (χ4v) is 2.51. The van der Waals surface area contributed by atoms with Crippen LogP contribution in [-0.2, 0) is 6.54 Å². The van der Waals surface area contributed by atoms with E-state index in [9.17, 15) is 5.11 Å². The number of phenols is 1. The van der Waals surface area contributed by atoms with Gasteiger partial charge in [-0.15, -0.1) is 10.2 Å². The average molecular weight is 298 g/mol. The van der Waals surface area contributed by atoms with E-state index in [1.807, 2.05) is 0 Å². The number of azo groups is 1. The highest BCUT2D eigenvalue weighted by molar-refractivity contribution is 7.09. The average Bonchev–Trinajstić information content (AvgIpc) is 3.07. The van der Waals surface area contributed by atoms with Gasteiger partial charge >= 0.3 is 0 Å². The Kier molecular flexibility index (Phi) is 3.33. The van der Waals surface area contributed by atoms with Gasteiger partial charge in [-0.05, 0) is 25.1 Å². The lowest BCUT2D eigenvalue weighted by molar-refractivity contribution is 0.481. The van der Waals surface area contributed by atoms with Gasteiger partial charge in [-0.25, -0.2) is 4.98 Å². The fourth-order valence-electron chi connectivity index (χ4n) is 2.00. The molecule has 1 aromatic carbocycles. The number of nitriles is 1. The van der Waals surface area contributed by atoms with E-state index in [2.05, 4.69) is 25.7 Å². The maximum atomic E-state index is 9.88. The van der Waals surface area contributed by atoms with Crippen molar-refractivity contribution in [1.29, 1.82) is 5.26 Å². The van der Waals surface area contributed by atoms with Gasteiger partial charge in [0, 0.05) is 23.1 Å². The number of aromatic nitrogens is 3. The minimum Gasteiger partial charge on any atom is -0.507 e. The molecule has 0 atom stereocenters. The highest BCUT2D eigenvalue weighted by Crippen LogP contribution is 2.34. The van der Waals surface area contributed by atoms with Gasteiger partial charge in [-0.1, -0.05) is 0 Å². The summed E-state index contributed by atoms with van der Waals surface area (Å²) in [4.78, 5) is 4.11. The Hall–Kier alpha value is -2.79. The van der Waals surface area contributed by atoms with Crippen LogP contribution in [0.3, 0.4) is 0 Å². The highest BCUT2D eigenvalue weighted by Gasteiger charge is 2.10. The summed E-state index contributed by atoms with van der Waals surface area (Å²) in [5, 5.41) is 28.1. The first-order chi connectivity index (χ1) is 10.2. The van der Waals surface area contributed by atoms with Crippen LogP contribution in [0.2, 0.25) is 0 Å². The van der Waals surface area contributed by atoms with Crippen LogP contribution in [0.5, 0.6) is 5.75 Å². The second-order valence-electron chi connectivity index (χ2n) is 4.29. The van der Waals surface area contributed by atoms with Crippen LogP contribution < -0.4 is 0 Å². The molecule has 0 bridgehead atoms. The Balaban J connectivity index is 2.09. The molecular weight excluding hydrogens is 288 g/mol. The van der Waals surface area contributed by atoms with Crippen LogP contribution in [0.25, 0.3) is 10.9 Å². The molecule has 0 saturated carbocycles. The maximum Gasteiger partial charge on any atom is 0.249 e. The molecule has 0 aliphatic carbocycles. The lowest BCUT2D eigenvalue weighted by atomic mass is 10.2. The summed E-state index contributed by atoms with van der Waals surface area (Å²) < 4.78 is 5.75. The molecule has 3 rings (SSSR count). The second kappa shape index (κ2) is 5.30. The third kappa shape index (κ3) is 2.46. The number of nitrogens with zero attached hydrogens (tertiary/aromatic N) is 6. The van der Waals surface area contributed by atoms with Crippen molar-refractivity contribution < 1.29 is 5.11 Å². The first kappa shape index (κ1) is 13.2. The minimum absolute atomic E-state index is 0.146. The van der Waals surface area contributed by atoms with Crippen molar-refractivity contribution in [2.24, 2.45) is 10.2 Å². The molecule has 0 aliphatic heterocycles. The van der Waals surface area contributed by atoms with E-state index in [0.717, 1.165) is 11.5 Å². The number of hydrogen-bond acceptors (Lipinski definition) is 7. The molecule has 0 amide bonds. The fraction of sp³-hybridized carbons (Fsp3) is 0.154. The predicted octanol–water partition coefficient (Wildman–Crippen LogP) is 3.45. The van der Waals surface area contributed by atoms with Crippen LogP contribution in [0.4, 0.5) is 10.8 Å². The molecule has 2 heterocycles. The zero-order chi connectivity index (χ0) is 14.8. The summed E-state index contributed by atoms with van der Waals surface area (Å²) >= 11 is 1.16. The molecular formula is C13H10N6OS. The first-order valence-corrected chi connectivity index (χ1v) is 6.86. The first-order valence-electron chi connectivity index (χ1n) is 6.09. The Morgan fingerprint density at radius 2 is 2.24 bits per heavy atom. The molecule has 0 radical (unpaired) electrons. The summed E-state index contributed by atoms with van der Waals surface area (Å²) in [5.74, 6) is 0.796. The van der Waals surface area contributed by atoms with E-state index in [1.54, 1.807) is 35.9 Å². The molecule has 2 aromatic heterocycles. The van der Waals surface area contributed by atoms with Gasteiger partial charge in [0.05, 0.1) is 11.6 Å². The number of aryl methyl sites for hydroxylation is 1. The van der Waals surface area contributed by atoms with Crippen molar-refractivity contribution >= 4 is 33.3 Å². The zero-order valence-corrected chi connectivity index (χ0v) is 11.9. The van der Waals surface area contributed by atoms with E-state index in [-0.39, 0.29) is 12.3 Å². The largest absolute Gasteiger partial charge is 0.507 e. The highest BCUT2D eigenvalue weighted by atomic mass is 32.1. The topological polar surface area (TPSA) is 99.5 Å². The minimum atomic E-state index is 0.146. The molecule has 8 heteroatoms. The van der Waals surface area contributed by atoms with Crippen molar-refractivity contribution in [2.45, 2.75) is 13.5 Å². The Bertz CT molecular complexity index is 873. The van der Waals surface area contributed by atoms with E-state index >= 15 is 0 Å². The molecule has 0 saturated heterocycles. The number of benzene rings is 1. The zero-order valence-electron chi connectivity index (χ0n) is 11.1. The monoisotopic (exact) mass is 298 g/mol. The predicted molar refractivity (Wildman–Crippen MR) is 78.0 cm³/mol. The van der Waals surface area contributed by atoms with E-state index in [1.165, 1.54) is 0 Å². The maximum absolute atomic E-state index is 9.88. The van der Waals surface area contributed by atoms with Crippen molar-refractivity contribution in [3.8, 4) is 11.8 Å². The molecule has 0 aliphatic rings. The van der Waals surface area contributed by atoms with Gasteiger partial charge in [0.15, 0.2) is 0 Å². The molecule has 7 nitrogen and oxygen atoms in total. The number of rotatable bonds is 3. The van der Waals surface area contributed by atoms with Crippen LogP contribution in [0.1, 0.15) is 5.82 Å². The van der Waals surface area contributed by atoms with Crippen molar-refractivity contribution in [1.82, 2.24) is 13.9 Å². The van der Waals surface area contributed by atoms with Crippen LogP contribution in [0, 0.1) is 18.3 Å². The Morgan fingerprint density at radius 1 is 1.38 bits per heavy atom.